The van der Waals surface area contributed by atoms with Crippen molar-refractivity contribution in [3.8, 4) is 11.1 Å². The number of rotatable bonds is 4. The van der Waals surface area contributed by atoms with Gasteiger partial charge in [0.25, 0.3) is 0 Å². The van der Waals surface area contributed by atoms with E-state index < -0.39 is 0 Å². The van der Waals surface area contributed by atoms with Crippen LogP contribution in [-0.2, 0) is 0 Å². The van der Waals surface area contributed by atoms with Crippen LogP contribution >= 0.6 is 0 Å². The molecule has 4 aromatic carbocycles. The summed E-state index contributed by atoms with van der Waals surface area (Å²) < 4.78 is 0. The van der Waals surface area contributed by atoms with E-state index in [-0.39, 0.29) is 0 Å². The summed E-state index contributed by atoms with van der Waals surface area (Å²) in [5.41, 5.74) is 12.5. The second-order valence-electron chi connectivity index (χ2n) is 8.31. The van der Waals surface area contributed by atoms with Crippen molar-refractivity contribution in [3.63, 3.8) is 0 Å². The highest BCUT2D eigenvalue weighted by molar-refractivity contribution is 5.80. The van der Waals surface area contributed by atoms with Crippen molar-refractivity contribution in [1.82, 2.24) is 0 Å². The molecule has 0 aliphatic carbocycles. The lowest BCUT2D eigenvalue weighted by atomic mass is 10.0. The van der Waals surface area contributed by atoms with Crippen molar-refractivity contribution < 1.29 is 0 Å². The maximum Gasteiger partial charge on any atom is 0.0490 e. The molecule has 0 saturated carbocycles. The maximum absolute atomic E-state index is 2.36. The molecule has 0 amide bonds. The van der Waals surface area contributed by atoms with Crippen LogP contribution in [0, 0.1) is 34.6 Å². The van der Waals surface area contributed by atoms with Gasteiger partial charge in [0.2, 0.25) is 0 Å². The van der Waals surface area contributed by atoms with Gasteiger partial charge >= 0.3 is 0 Å². The molecule has 0 saturated heterocycles. The molecule has 1 heteroatoms. The first-order valence-electron chi connectivity index (χ1n) is 10.5. The lowest BCUT2D eigenvalue weighted by Gasteiger charge is -2.28. The first-order chi connectivity index (χ1) is 14.4. The van der Waals surface area contributed by atoms with E-state index in [0.717, 1.165) is 0 Å². The average molecular weight is 392 g/mol. The zero-order valence-electron chi connectivity index (χ0n) is 18.5. The van der Waals surface area contributed by atoms with Crippen molar-refractivity contribution >= 4 is 17.1 Å². The summed E-state index contributed by atoms with van der Waals surface area (Å²) in [5, 5.41) is 0. The standard InChI is InChI=1S/C29H29N/c1-20-6-10-25(11-7-20)26-12-15-27(16-13-26)30(28-14-9-22(3)23(4)19-28)29-17-8-21(2)18-24(29)5/h6-19H,1-5H3. The number of hydrogen-bond donors (Lipinski definition) is 0. The molecule has 0 N–H and O–H groups in total. The Morgan fingerprint density at radius 1 is 0.433 bits per heavy atom. The maximum atomic E-state index is 2.36. The van der Waals surface area contributed by atoms with Crippen molar-refractivity contribution in [1.29, 1.82) is 0 Å². The van der Waals surface area contributed by atoms with Crippen LogP contribution in [-0.4, -0.2) is 0 Å². The predicted octanol–water partition coefficient (Wildman–Crippen LogP) is 8.37. The third kappa shape index (κ3) is 4.02. The molecule has 0 fully saturated rings. The Kier molecular flexibility index (Phi) is 5.46. The number of aryl methyl sites for hydroxylation is 5. The molecule has 0 bridgehead atoms. The van der Waals surface area contributed by atoms with E-state index in [1.807, 2.05) is 0 Å². The lowest BCUT2D eigenvalue weighted by molar-refractivity contribution is 1.22. The number of anilines is 3. The van der Waals surface area contributed by atoms with E-state index in [1.54, 1.807) is 0 Å². The Hall–Kier alpha value is -3.32. The molecular formula is C29H29N. The van der Waals surface area contributed by atoms with Crippen LogP contribution in [0.4, 0.5) is 17.1 Å². The molecule has 4 aromatic rings. The summed E-state index contributed by atoms with van der Waals surface area (Å²) in [6, 6.07) is 31.0. The van der Waals surface area contributed by atoms with Gasteiger partial charge in [-0.15, -0.1) is 0 Å². The van der Waals surface area contributed by atoms with Crippen LogP contribution in [0.2, 0.25) is 0 Å². The van der Waals surface area contributed by atoms with Gasteiger partial charge in [-0.25, -0.2) is 0 Å². The molecular weight excluding hydrogens is 362 g/mol. The van der Waals surface area contributed by atoms with Gasteiger partial charge in [-0.05, 0) is 92.8 Å². The van der Waals surface area contributed by atoms with E-state index >= 15 is 0 Å². The fraction of sp³-hybridized carbons (Fsp3) is 0.172. The van der Waals surface area contributed by atoms with Gasteiger partial charge < -0.3 is 4.90 Å². The van der Waals surface area contributed by atoms with Crippen molar-refractivity contribution in [2.24, 2.45) is 0 Å². The highest BCUT2D eigenvalue weighted by atomic mass is 15.1. The molecule has 150 valence electrons. The monoisotopic (exact) mass is 391 g/mol. The smallest absolute Gasteiger partial charge is 0.0490 e. The molecule has 0 aliphatic heterocycles. The largest absolute Gasteiger partial charge is 0.310 e. The van der Waals surface area contributed by atoms with E-state index in [4.69, 9.17) is 0 Å². The van der Waals surface area contributed by atoms with Gasteiger partial charge in [-0.2, -0.15) is 0 Å². The highest BCUT2D eigenvalue weighted by Crippen LogP contribution is 2.38. The third-order valence-corrected chi connectivity index (χ3v) is 5.85. The zero-order chi connectivity index (χ0) is 21.3. The van der Waals surface area contributed by atoms with Crippen molar-refractivity contribution in [3.05, 3.63) is 113 Å². The van der Waals surface area contributed by atoms with Gasteiger partial charge in [0.05, 0.1) is 0 Å². The minimum absolute atomic E-state index is 1.17. The summed E-state index contributed by atoms with van der Waals surface area (Å²) >= 11 is 0. The van der Waals surface area contributed by atoms with Gasteiger partial charge in [0.15, 0.2) is 0 Å². The van der Waals surface area contributed by atoms with Crippen LogP contribution in [0.15, 0.2) is 84.9 Å². The molecule has 0 atom stereocenters. The first-order valence-corrected chi connectivity index (χ1v) is 10.5. The molecule has 0 aliphatic rings. The van der Waals surface area contributed by atoms with Crippen LogP contribution in [0.1, 0.15) is 27.8 Å². The quantitative estimate of drug-likeness (QED) is 0.338. The van der Waals surface area contributed by atoms with Crippen LogP contribution < -0.4 is 4.90 Å². The fourth-order valence-electron chi connectivity index (χ4n) is 3.90. The third-order valence-electron chi connectivity index (χ3n) is 5.85. The summed E-state index contributed by atoms with van der Waals surface area (Å²) in [6.07, 6.45) is 0. The summed E-state index contributed by atoms with van der Waals surface area (Å²) in [6.45, 7) is 10.8. The zero-order valence-corrected chi connectivity index (χ0v) is 18.5. The summed E-state index contributed by atoms with van der Waals surface area (Å²) in [4.78, 5) is 2.36. The van der Waals surface area contributed by atoms with Crippen molar-refractivity contribution in [2.75, 3.05) is 4.90 Å². The molecule has 0 spiro atoms. The van der Waals surface area contributed by atoms with E-state index in [2.05, 4.69) is 124 Å². The number of hydrogen-bond acceptors (Lipinski definition) is 1. The fourth-order valence-corrected chi connectivity index (χ4v) is 3.90. The normalized spacial score (nSPS) is 10.8. The number of nitrogens with zero attached hydrogens (tertiary/aromatic N) is 1. The Morgan fingerprint density at radius 2 is 1.00 bits per heavy atom. The topological polar surface area (TPSA) is 3.24 Å². The Labute approximate surface area is 180 Å². The Balaban J connectivity index is 1.81. The van der Waals surface area contributed by atoms with E-state index in [9.17, 15) is 0 Å². The highest BCUT2D eigenvalue weighted by Gasteiger charge is 2.15. The van der Waals surface area contributed by atoms with Gasteiger partial charge in [-0.3, -0.25) is 0 Å². The molecule has 0 aromatic heterocycles. The summed E-state index contributed by atoms with van der Waals surface area (Å²) in [5.74, 6) is 0. The van der Waals surface area contributed by atoms with E-state index in [0.29, 0.717) is 0 Å². The Morgan fingerprint density at radius 3 is 1.60 bits per heavy atom. The lowest BCUT2D eigenvalue weighted by Crippen LogP contribution is -2.11. The first kappa shape index (κ1) is 20.0. The van der Waals surface area contributed by atoms with Crippen molar-refractivity contribution in [2.45, 2.75) is 34.6 Å². The minimum Gasteiger partial charge on any atom is -0.310 e. The predicted molar refractivity (Wildman–Crippen MR) is 130 cm³/mol. The SMILES string of the molecule is Cc1ccc(-c2ccc(N(c3ccc(C)c(C)c3)c3ccc(C)cc3C)cc2)cc1. The Bertz CT molecular complexity index is 1170. The van der Waals surface area contributed by atoms with Gasteiger partial charge in [-0.1, -0.05) is 65.7 Å². The van der Waals surface area contributed by atoms with Crippen LogP contribution in [0.3, 0.4) is 0 Å². The second kappa shape index (κ2) is 8.20. The number of benzene rings is 4. The summed E-state index contributed by atoms with van der Waals surface area (Å²) in [7, 11) is 0. The average Bonchev–Trinajstić information content (AvgIpc) is 2.73. The van der Waals surface area contributed by atoms with Gasteiger partial charge in [0.1, 0.15) is 0 Å². The van der Waals surface area contributed by atoms with Crippen LogP contribution in [0.5, 0.6) is 0 Å². The van der Waals surface area contributed by atoms with Gasteiger partial charge in [0, 0.05) is 17.1 Å². The molecule has 0 heterocycles. The second-order valence-corrected chi connectivity index (χ2v) is 8.31. The van der Waals surface area contributed by atoms with Crippen LogP contribution in [0.25, 0.3) is 11.1 Å². The molecule has 4 rings (SSSR count). The molecule has 0 unspecified atom stereocenters. The molecule has 0 radical (unpaired) electrons. The van der Waals surface area contributed by atoms with E-state index in [1.165, 1.54) is 56.0 Å². The molecule has 30 heavy (non-hydrogen) atoms. The molecule has 1 nitrogen and oxygen atoms in total. The minimum atomic E-state index is 1.17.